The van der Waals surface area contributed by atoms with Gasteiger partial charge in [-0.3, -0.25) is 0 Å². The van der Waals surface area contributed by atoms with Crippen LogP contribution in [0.15, 0.2) is 30.3 Å². The quantitative estimate of drug-likeness (QED) is 0.649. The first-order chi connectivity index (χ1) is 8.60. The highest BCUT2D eigenvalue weighted by molar-refractivity contribution is 5.57. The first-order valence-corrected chi connectivity index (χ1v) is 5.31. The van der Waals surface area contributed by atoms with E-state index in [0.717, 1.165) is 5.69 Å². The van der Waals surface area contributed by atoms with Crippen LogP contribution in [-0.4, -0.2) is 9.97 Å². The number of nitrogens with two attached hydrogens (primary N) is 1. The first-order valence-electron chi connectivity index (χ1n) is 5.31. The van der Waals surface area contributed by atoms with Crippen LogP contribution in [0.25, 0.3) is 11.4 Å². The maximum atomic E-state index is 12.4. The first kappa shape index (κ1) is 12.4. The van der Waals surface area contributed by atoms with Gasteiger partial charge in [0.1, 0.15) is 5.82 Å². The van der Waals surface area contributed by atoms with Crippen LogP contribution in [0.1, 0.15) is 17.7 Å². The van der Waals surface area contributed by atoms with Crippen molar-refractivity contribution in [2.75, 3.05) is 5.43 Å². The molecule has 0 bridgehead atoms. The van der Waals surface area contributed by atoms with Crippen molar-refractivity contribution in [3.05, 3.63) is 41.6 Å². The number of aryl methyl sites for hydroxylation is 1. The summed E-state index contributed by atoms with van der Waals surface area (Å²) in [6, 6.07) is 7.55. The van der Waals surface area contributed by atoms with Crippen molar-refractivity contribution < 1.29 is 8.78 Å². The minimum atomic E-state index is -2.47. The van der Waals surface area contributed by atoms with E-state index in [1.54, 1.807) is 25.1 Å². The van der Waals surface area contributed by atoms with Gasteiger partial charge in [0.25, 0.3) is 6.43 Å². The third-order valence-corrected chi connectivity index (χ3v) is 2.42. The molecule has 0 aliphatic heterocycles. The van der Waals surface area contributed by atoms with Gasteiger partial charge < -0.3 is 5.43 Å². The van der Waals surface area contributed by atoms with E-state index in [0.29, 0.717) is 17.2 Å². The highest BCUT2D eigenvalue weighted by atomic mass is 19.3. The molecule has 4 nitrogen and oxygen atoms in total. The minimum Gasteiger partial charge on any atom is -0.308 e. The number of aromatic nitrogens is 2. The SMILES string of the molecule is Cc1cc(NN)nc(-c2ccc(C(F)F)cc2)n1. The minimum absolute atomic E-state index is 0.0245. The van der Waals surface area contributed by atoms with Gasteiger partial charge in [-0.2, -0.15) is 0 Å². The summed E-state index contributed by atoms with van der Waals surface area (Å²) in [6.45, 7) is 1.81. The lowest BCUT2D eigenvalue weighted by atomic mass is 10.1. The number of nitrogens with one attached hydrogen (secondary N) is 1. The summed E-state index contributed by atoms with van der Waals surface area (Å²) in [5, 5.41) is 0. The second-order valence-corrected chi connectivity index (χ2v) is 3.79. The van der Waals surface area contributed by atoms with Gasteiger partial charge >= 0.3 is 0 Å². The third kappa shape index (κ3) is 2.60. The Hall–Kier alpha value is -2.08. The van der Waals surface area contributed by atoms with Crippen molar-refractivity contribution in [3.8, 4) is 11.4 Å². The molecule has 2 rings (SSSR count). The van der Waals surface area contributed by atoms with E-state index in [-0.39, 0.29) is 5.56 Å². The second kappa shape index (κ2) is 5.05. The van der Waals surface area contributed by atoms with Crippen LogP contribution in [0, 0.1) is 6.92 Å². The number of hydrogen-bond acceptors (Lipinski definition) is 4. The molecule has 0 aliphatic rings. The average Bonchev–Trinajstić information content (AvgIpc) is 2.38. The van der Waals surface area contributed by atoms with Gasteiger partial charge in [-0.1, -0.05) is 24.3 Å². The Morgan fingerprint density at radius 3 is 2.39 bits per heavy atom. The Kier molecular flexibility index (Phi) is 3.47. The average molecular weight is 250 g/mol. The molecule has 0 saturated heterocycles. The van der Waals surface area contributed by atoms with Gasteiger partial charge in [-0.25, -0.2) is 24.6 Å². The summed E-state index contributed by atoms with van der Waals surface area (Å²) in [5.74, 6) is 6.22. The van der Waals surface area contributed by atoms with E-state index >= 15 is 0 Å². The van der Waals surface area contributed by atoms with Crippen LogP contribution in [0.2, 0.25) is 0 Å². The van der Waals surface area contributed by atoms with E-state index in [1.165, 1.54) is 12.1 Å². The molecule has 0 amide bonds. The van der Waals surface area contributed by atoms with Gasteiger partial charge in [0.2, 0.25) is 0 Å². The summed E-state index contributed by atoms with van der Waals surface area (Å²) >= 11 is 0. The summed E-state index contributed by atoms with van der Waals surface area (Å²) in [6.07, 6.45) is -2.47. The molecule has 1 aromatic heterocycles. The molecule has 0 aliphatic carbocycles. The van der Waals surface area contributed by atoms with Crippen molar-refractivity contribution in [1.82, 2.24) is 9.97 Å². The maximum absolute atomic E-state index is 12.4. The zero-order valence-electron chi connectivity index (χ0n) is 9.69. The van der Waals surface area contributed by atoms with Crippen molar-refractivity contribution in [2.24, 2.45) is 5.84 Å². The van der Waals surface area contributed by atoms with E-state index < -0.39 is 6.43 Å². The Balaban J connectivity index is 2.39. The summed E-state index contributed by atoms with van der Waals surface area (Å²) in [7, 11) is 0. The predicted octanol–water partition coefficient (Wildman–Crippen LogP) is 2.68. The van der Waals surface area contributed by atoms with Crippen LogP contribution in [-0.2, 0) is 0 Å². The van der Waals surface area contributed by atoms with Crippen molar-refractivity contribution in [2.45, 2.75) is 13.3 Å². The molecule has 94 valence electrons. The summed E-state index contributed by atoms with van der Waals surface area (Å²) in [4.78, 5) is 8.39. The highest BCUT2D eigenvalue weighted by Gasteiger charge is 2.08. The number of alkyl halides is 2. The number of rotatable bonds is 3. The summed E-state index contributed by atoms with van der Waals surface area (Å²) in [5.41, 5.74) is 3.82. The number of hydrogen-bond donors (Lipinski definition) is 2. The van der Waals surface area contributed by atoms with Crippen molar-refractivity contribution >= 4 is 5.82 Å². The van der Waals surface area contributed by atoms with E-state index in [1.807, 2.05) is 0 Å². The van der Waals surface area contributed by atoms with Crippen molar-refractivity contribution in [1.29, 1.82) is 0 Å². The molecule has 6 heteroatoms. The molecule has 18 heavy (non-hydrogen) atoms. The van der Waals surface area contributed by atoms with Gasteiger partial charge in [0.05, 0.1) is 0 Å². The molecule has 1 heterocycles. The fourth-order valence-electron chi connectivity index (χ4n) is 1.55. The number of anilines is 1. The number of benzene rings is 1. The topological polar surface area (TPSA) is 63.8 Å². The number of nitrogens with zero attached hydrogens (tertiary/aromatic N) is 2. The zero-order valence-corrected chi connectivity index (χ0v) is 9.69. The zero-order chi connectivity index (χ0) is 13.1. The molecule has 0 fully saturated rings. The molecule has 0 saturated carbocycles. The van der Waals surface area contributed by atoms with Crippen LogP contribution >= 0.6 is 0 Å². The number of halogens is 2. The number of nitrogen functional groups attached to an aromatic ring is 1. The van der Waals surface area contributed by atoms with E-state index in [4.69, 9.17) is 5.84 Å². The molecule has 2 aromatic rings. The molecule has 0 atom stereocenters. The van der Waals surface area contributed by atoms with E-state index in [2.05, 4.69) is 15.4 Å². The molecular weight excluding hydrogens is 238 g/mol. The molecule has 0 unspecified atom stereocenters. The Labute approximate surface area is 103 Å². The lowest BCUT2D eigenvalue weighted by molar-refractivity contribution is 0.151. The monoisotopic (exact) mass is 250 g/mol. The lowest BCUT2D eigenvalue weighted by Crippen LogP contribution is -2.09. The molecule has 0 radical (unpaired) electrons. The van der Waals surface area contributed by atoms with Gasteiger partial charge in [-0.15, -0.1) is 0 Å². The van der Waals surface area contributed by atoms with Crippen molar-refractivity contribution in [3.63, 3.8) is 0 Å². The lowest BCUT2D eigenvalue weighted by Gasteiger charge is -2.06. The smallest absolute Gasteiger partial charge is 0.263 e. The van der Waals surface area contributed by atoms with Crippen LogP contribution in [0.5, 0.6) is 0 Å². The highest BCUT2D eigenvalue weighted by Crippen LogP contribution is 2.23. The predicted molar refractivity (Wildman–Crippen MR) is 65.0 cm³/mol. The number of hydrazine groups is 1. The Bertz CT molecular complexity index is 540. The standard InChI is InChI=1S/C12H12F2N4/c1-7-6-10(18-15)17-12(16-7)9-4-2-8(3-5-9)11(13)14/h2-6,11H,15H2,1H3,(H,16,17,18). The Morgan fingerprint density at radius 2 is 1.83 bits per heavy atom. The molecule has 1 aromatic carbocycles. The largest absolute Gasteiger partial charge is 0.308 e. The van der Waals surface area contributed by atoms with Crippen LogP contribution in [0.3, 0.4) is 0 Å². The van der Waals surface area contributed by atoms with Crippen LogP contribution in [0.4, 0.5) is 14.6 Å². The fourth-order valence-corrected chi connectivity index (χ4v) is 1.55. The summed E-state index contributed by atoms with van der Waals surface area (Å²) < 4.78 is 24.9. The molecular formula is C12H12F2N4. The second-order valence-electron chi connectivity index (χ2n) is 3.79. The van der Waals surface area contributed by atoms with E-state index in [9.17, 15) is 8.78 Å². The normalized spacial score (nSPS) is 10.7. The fraction of sp³-hybridized carbons (Fsp3) is 0.167. The molecule has 0 spiro atoms. The third-order valence-electron chi connectivity index (χ3n) is 2.42. The van der Waals surface area contributed by atoms with Gasteiger partial charge in [0, 0.05) is 22.9 Å². The molecule has 3 N–H and O–H groups in total. The van der Waals surface area contributed by atoms with Crippen LogP contribution < -0.4 is 11.3 Å². The Morgan fingerprint density at radius 1 is 1.17 bits per heavy atom. The van der Waals surface area contributed by atoms with Gasteiger partial charge in [-0.05, 0) is 6.92 Å². The van der Waals surface area contributed by atoms with Gasteiger partial charge in [0.15, 0.2) is 5.82 Å². The maximum Gasteiger partial charge on any atom is 0.263 e.